The van der Waals surface area contributed by atoms with Crippen LogP contribution < -0.4 is 0 Å². The summed E-state index contributed by atoms with van der Waals surface area (Å²) in [5.74, 6) is 0.147. The van der Waals surface area contributed by atoms with Crippen molar-refractivity contribution in [2.75, 3.05) is 0 Å². The molecule has 1 aromatic rings. The van der Waals surface area contributed by atoms with Crippen molar-refractivity contribution in [2.45, 2.75) is 32.1 Å². The Morgan fingerprint density at radius 2 is 2.20 bits per heavy atom. The summed E-state index contributed by atoms with van der Waals surface area (Å²) < 4.78 is 0. The largest absolute Gasteiger partial charge is 0.292 e. The smallest absolute Gasteiger partial charge is 0.181 e. The molecule has 0 aliphatic heterocycles. The number of hydrogen-bond acceptors (Lipinski definition) is 2. The fraction of sp³-hybridized carbons (Fsp3) is 0.385. The van der Waals surface area contributed by atoms with E-state index >= 15 is 0 Å². The fourth-order valence-electron chi connectivity index (χ4n) is 1.41. The lowest BCUT2D eigenvalue weighted by Crippen LogP contribution is -2.01. The molecule has 1 rings (SSSR count). The van der Waals surface area contributed by atoms with E-state index in [4.69, 9.17) is 0 Å². The standard InChI is InChI=1S/C13H17NO/c1-2-3-4-5-6-10-13(15)12-9-7-8-11-14-12/h2,7-9,11H,1,3-6,10H2. The van der Waals surface area contributed by atoms with E-state index < -0.39 is 0 Å². The van der Waals surface area contributed by atoms with Crippen LogP contribution >= 0.6 is 0 Å². The molecule has 0 aliphatic carbocycles. The van der Waals surface area contributed by atoms with Gasteiger partial charge in [-0.15, -0.1) is 6.58 Å². The molecule has 0 unspecified atom stereocenters. The predicted octanol–water partition coefficient (Wildman–Crippen LogP) is 3.40. The maximum Gasteiger partial charge on any atom is 0.181 e. The normalized spacial score (nSPS) is 9.87. The van der Waals surface area contributed by atoms with Crippen molar-refractivity contribution in [1.29, 1.82) is 0 Å². The van der Waals surface area contributed by atoms with Crippen LogP contribution in [0.25, 0.3) is 0 Å². The van der Waals surface area contributed by atoms with Crippen LogP contribution in [0.1, 0.15) is 42.6 Å². The zero-order chi connectivity index (χ0) is 10.9. The molecule has 2 nitrogen and oxygen atoms in total. The van der Waals surface area contributed by atoms with Crippen LogP contribution in [0.15, 0.2) is 37.1 Å². The van der Waals surface area contributed by atoms with E-state index in [1.165, 1.54) is 0 Å². The SMILES string of the molecule is C=CCCCCCC(=O)c1ccccn1. The maximum absolute atomic E-state index is 11.6. The summed E-state index contributed by atoms with van der Waals surface area (Å²) in [5, 5.41) is 0. The van der Waals surface area contributed by atoms with Gasteiger partial charge in [0.15, 0.2) is 5.78 Å². The van der Waals surface area contributed by atoms with Gasteiger partial charge in [0.1, 0.15) is 5.69 Å². The van der Waals surface area contributed by atoms with Crippen molar-refractivity contribution in [3.63, 3.8) is 0 Å². The number of carbonyl (C=O) groups excluding carboxylic acids is 1. The molecular weight excluding hydrogens is 186 g/mol. The molecule has 0 aliphatic rings. The average Bonchev–Trinajstić information content (AvgIpc) is 2.30. The van der Waals surface area contributed by atoms with Gasteiger partial charge in [0.25, 0.3) is 0 Å². The van der Waals surface area contributed by atoms with Gasteiger partial charge in [-0.05, 0) is 31.4 Å². The highest BCUT2D eigenvalue weighted by Gasteiger charge is 2.05. The lowest BCUT2D eigenvalue weighted by atomic mass is 10.1. The molecule has 1 aromatic heterocycles. The molecule has 0 N–H and O–H groups in total. The fourth-order valence-corrected chi connectivity index (χ4v) is 1.41. The molecule has 0 atom stereocenters. The van der Waals surface area contributed by atoms with Crippen molar-refractivity contribution in [1.82, 2.24) is 4.98 Å². The highest BCUT2D eigenvalue weighted by Crippen LogP contribution is 2.07. The van der Waals surface area contributed by atoms with Crippen LogP contribution in [0.4, 0.5) is 0 Å². The van der Waals surface area contributed by atoms with E-state index in [-0.39, 0.29) is 5.78 Å². The second-order valence-corrected chi connectivity index (χ2v) is 3.53. The number of Topliss-reactive ketones (excluding diaryl/α,β-unsaturated/α-hetero) is 1. The molecule has 0 radical (unpaired) electrons. The molecule has 0 spiro atoms. The van der Waals surface area contributed by atoms with Crippen molar-refractivity contribution in [3.8, 4) is 0 Å². The van der Waals surface area contributed by atoms with Crippen LogP contribution in [-0.2, 0) is 0 Å². The topological polar surface area (TPSA) is 30.0 Å². The number of nitrogens with zero attached hydrogens (tertiary/aromatic N) is 1. The van der Waals surface area contributed by atoms with Crippen molar-refractivity contribution >= 4 is 5.78 Å². The lowest BCUT2D eigenvalue weighted by Gasteiger charge is -1.99. The highest BCUT2D eigenvalue weighted by atomic mass is 16.1. The minimum atomic E-state index is 0.147. The number of unbranched alkanes of at least 4 members (excludes halogenated alkanes) is 3. The summed E-state index contributed by atoms with van der Waals surface area (Å²) in [6.45, 7) is 3.66. The average molecular weight is 203 g/mol. The van der Waals surface area contributed by atoms with E-state index in [9.17, 15) is 4.79 Å². The summed E-state index contributed by atoms with van der Waals surface area (Å²) in [6, 6.07) is 5.44. The molecular formula is C13H17NO. The Labute approximate surface area is 91.0 Å². The first-order chi connectivity index (χ1) is 7.34. The first kappa shape index (κ1) is 11.6. The molecule has 0 fully saturated rings. The number of allylic oxidation sites excluding steroid dienone is 1. The summed E-state index contributed by atoms with van der Waals surface area (Å²) in [7, 11) is 0. The highest BCUT2D eigenvalue weighted by molar-refractivity contribution is 5.94. The number of pyridine rings is 1. The minimum absolute atomic E-state index is 0.147. The van der Waals surface area contributed by atoms with Gasteiger partial charge >= 0.3 is 0 Å². The Bertz CT molecular complexity index is 306. The quantitative estimate of drug-likeness (QED) is 0.386. The van der Waals surface area contributed by atoms with Gasteiger partial charge in [0.2, 0.25) is 0 Å². The van der Waals surface area contributed by atoms with Crippen molar-refractivity contribution < 1.29 is 4.79 Å². The van der Waals surface area contributed by atoms with Crippen LogP contribution in [0.3, 0.4) is 0 Å². The number of hydrogen-bond donors (Lipinski definition) is 0. The Hall–Kier alpha value is -1.44. The van der Waals surface area contributed by atoms with E-state index in [0.29, 0.717) is 12.1 Å². The molecule has 15 heavy (non-hydrogen) atoms. The Morgan fingerprint density at radius 3 is 2.87 bits per heavy atom. The zero-order valence-electron chi connectivity index (χ0n) is 8.98. The maximum atomic E-state index is 11.6. The van der Waals surface area contributed by atoms with E-state index in [1.54, 1.807) is 12.3 Å². The van der Waals surface area contributed by atoms with Crippen LogP contribution in [0, 0.1) is 0 Å². The summed E-state index contributed by atoms with van der Waals surface area (Å²) in [5.41, 5.74) is 0.584. The van der Waals surface area contributed by atoms with Gasteiger partial charge in [0, 0.05) is 12.6 Å². The van der Waals surface area contributed by atoms with Gasteiger partial charge in [-0.2, -0.15) is 0 Å². The molecule has 0 saturated carbocycles. The molecule has 0 amide bonds. The minimum Gasteiger partial charge on any atom is -0.292 e. The van der Waals surface area contributed by atoms with Crippen molar-refractivity contribution in [2.24, 2.45) is 0 Å². The van der Waals surface area contributed by atoms with Gasteiger partial charge < -0.3 is 0 Å². The number of rotatable bonds is 7. The van der Waals surface area contributed by atoms with Gasteiger partial charge in [0.05, 0.1) is 0 Å². The third kappa shape index (κ3) is 4.54. The molecule has 0 aromatic carbocycles. The molecule has 1 heterocycles. The summed E-state index contributed by atoms with van der Waals surface area (Å²) >= 11 is 0. The first-order valence-electron chi connectivity index (χ1n) is 5.39. The van der Waals surface area contributed by atoms with Gasteiger partial charge in [-0.3, -0.25) is 9.78 Å². The number of aromatic nitrogens is 1. The van der Waals surface area contributed by atoms with Crippen LogP contribution in [-0.4, -0.2) is 10.8 Å². The first-order valence-corrected chi connectivity index (χ1v) is 5.39. The predicted molar refractivity (Wildman–Crippen MR) is 61.8 cm³/mol. The summed E-state index contributed by atoms with van der Waals surface area (Å²) in [6.07, 6.45) is 8.38. The zero-order valence-corrected chi connectivity index (χ0v) is 8.98. The molecule has 2 heteroatoms. The van der Waals surface area contributed by atoms with Crippen molar-refractivity contribution in [3.05, 3.63) is 42.7 Å². The molecule has 80 valence electrons. The Morgan fingerprint density at radius 1 is 1.33 bits per heavy atom. The Balaban J connectivity index is 2.22. The van der Waals surface area contributed by atoms with Gasteiger partial charge in [-0.25, -0.2) is 0 Å². The second kappa shape index (κ2) is 6.93. The monoisotopic (exact) mass is 203 g/mol. The van der Waals surface area contributed by atoms with E-state index in [2.05, 4.69) is 11.6 Å². The number of ketones is 1. The lowest BCUT2D eigenvalue weighted by molar-refractivity contribution is 0.0974. The molecule has 0 saturated heterocycles. The third-order valence-electron chi connectivity index (χ3n) is 2.26. The van der Waals surface area contributed by atoms with Gasteiger partial charge in [-0.1, -0.05) is 18.6 Å². The molecule has 0 bridgehead atoms. The van der Waals surface area contributed by atoms with E-state index in [1.807, 2.05) is 18.2 Å². The van der Waals surface area contributed by atoms with E-state index in [0.717, 1.165) is 25.7 Å². The second-order valence-electron chi connectivity index (χ2n) is 3.53. The van der Waals surface area contributed by atoms with Crippen LogP contribution in [0.2, 0.25) is 0 Å². The third-order valence-corrected chi connectivity index (χ3v) is 2.26. The van der Waals surface area contributed by atoms with Crippen LogP contribution in [0.5, 0.6) is 0 Å². The Kier molecular flexibility index (Phi) is 5.38. The summed E-state index contributed by atoms with van der Waals surface area (Å²) in [4.78, 5) is 15.6. The number of carbonyl (C=O) groups is 1.